The van der Waals surface area contributed by atoms with E-state index in [1.807, 2.05) is 26.8 Å². The van der Waals surface area contributed by atoms with Crippen LogP contribution in [0.15, 0.2) is 11.6 Å². The Hall–Kier alpha value is -0.750. The van der Waals surface area contributed by atoms with Crippen molar-refractivity contribution in [2.75, 3.05) is 0 Å². The molecule has 0 rings (SSSR count). The van der Waals surface area contributed by atoms with Crippen molar-refractivity contribution in [1.29, 1.82) is 5.26 Å². The second-order valence-corrected chi connectivity index (χ2v) is 6.36. The van der Waals surface area contributed by atoms with Crippen molar-refractivity contribution in [3.8, 4) is 6.07 Å². The summed E-state index contributed by atoms with van der Waals surface area (Å²) in [5, 5.41) is 8.75. The number of rotatable bonds is 4. The largest absolute Gasteiger partial charge is 0.287 e. The molecule has 2 nitrogen and oxygen atoms in total. The number of nitriles is 1. The topological polar surface area (TPSA) is 40.9 Å². The zero-order valence-electron chi connectivity index (χ0n) is 9.96. The van der Waals surface area contributed by atoms with E-state index in [0.29, 0.717) is 6.42 Å². The van der Waals surface area contributed by atoms with Gasteiger partial charge in [0.15, 0.2) is 5.12 Å². The standard InChI is InChI=1S/C12H19NOS/c1-10(9-13)7-5-6-8-11(14)15-12(2,3)4/h7H,5-6,8H2,1-4H3. The third-order valence-electron chi connectivity index (χ3n) is 1.63. The number of unbranched alkanes of at least 4 members (excludes halogenated alkanes) is 1. The average Bonchev–Trinajstić information content (AvgIpc) is 2.09. The Morgan fingerprint density at radius 1 is 1.47 bits per heavy atom. The van der Waals surface area contributed by atoms with Crippen LogP contribution in [-0.4, -0.2) is 9.86 Å². The van der Waals surface area contributed by atoms with E-state index in [9.17, 15) is 4.79 Å². The van der Waals surface area contributed by atoms with Crippen LogP contribution in [0.4, 0.5) is 0 Å². The first-order valence-corrected chi connectivity index (χ1v) is 5.95. The second-order valence-electron chi connectivity index (χ2n) is 4.48. The summed E-state index contributed by atoms with van der Waals surface area (Å²) in [7, 11) is 0. The van der Waals surface area contributed by atoms with Crippen LogP contribution < -0.4 is 0 Å². The predicted molar refractivity (Wildman–Crippen MR) is 65.6 cm³/mol. The maximum Gasteiger partial charge on any atom is 0.189 e. The van der Waals surface area contributed by atoms with Gasteiger partial charge in [-0.25, -0.2) is 0 Å². The van der Waals surface area contributed by atoms with Crippen molar-refractivity contribution in [1.82, 2.24) is 0 Å². The lowest BCUT2D eigenvalue weighted by Crippen LogP contribution is -2.11. The molecule has 0 saturated heterocycles. The Balaban J connectivity index is 3.71. The molecule has 0 amide bonds. The highest BCUT2D eigenvalue weighted by Crippen LogP contribution is 2.25. The maximum atomic E-state index is 11.5. The fourth-order valence-corrected chi connectivity index (χ4v) is 1.93. The third-order valence-corrected chi connectivity index (χ3v) is 2.68. The molecule has 0 saturated carbocycles. The lowest BCUT2D eigenvalue weighted by molar-refractivity contribution is -0.111. The van der Waals surface area contributed by atoms with Crippen LogP contribution in [0.5, 0.6) is 0 Å². The van der Waals surface area contributed by atoms with Crippen LogP contribution in [0.25, 0.3) is 0 Å². The summed E-state index contributed by atoms with van der Waals surface area (Å²) in [5.41, 5.74) is 0.728. The van der Waals surface area contributed by atoms with Crippen LogP contribution in [0, 0.1) is 11.3 Å². The first-order chi connectivity index (χ1) is 6.85. The van der Waals surface area contributed by atoms with Gasteiger partial charge in [-0.05, 0) is 19.8 Å². The van der Waals surface area contributed by atoms with E-state index in [1.54, 1.807) is 6.92 Å². The molecule has 0 atom stereocenters. The Morgan fingerprint density at radius 3 is 2.53 bits per heavy atom. The number of nitrogens with zero attached hydrogens (tertiary/aromatic N) is 1. The summed E-state index contributed by atoms with van der Waals surface area (Å²) < 4.78 is 0.00942. The molecule has 0 heterocycles. The molecular formula is C12H19NOS. The number of hydrogen-bond acceptors (Lipinski definition) is 3. The molecule has 0 fully saturated rings. The molecule has 0 aliphatic heterocycles. The van der Waals surface area contributed by atoms with E-state index < -0.39 is 0 Å². The molecule has 0 aromatic rings. The monoisotopic (exact) mass is 225 g/mol. The van der Waals surface area contributed by atoms with Crippen molar-refractivity contribution in [2.24, 2.45) is 0 Å². The number of carbonyl (C=O) groups excluding carboxylic acids is 1. The molecule has 0 N–H and O–H groups in total. The fourth-order valence-electron chi connectivity index (χ4n) is 1.00. The number of hydrogen-bond donors (Lipinski definition) is 0. The first kappa shape index (κ1) is 14.2. The van der Waals surface area contributed by atoms with Gasteiger partial charge in [-0.2, -0.15) is 5.26 Å². The lowest BCUT2D eigenvalue weighted by atomic mass is 10.2. The highest BCUT2D eigenvalue weighted by atomic mass is 32.2. The third kappa shape index (κ3) is 9.55. The summed E-state index contributed by atoms with van der Waals surface area (Å²) in [5.74, 6) is 0. The van der Waals surface area contributed by atoms with Gasteiger partial charge >= 0.3 is 0 Å². The summed E-state index contributed by atoms with van der Waals surface area (Å²) in [6.45, 7) is 7.89. The van der Waals surface area contributed by atoms with Gasteiger partial charge in [-0.15, -0.1) is 0 Å². The minimum atomic E-state index is 0.00942. The molecular weight excluding hydrogens is 206 g/mol. The highest BCUT2D eigenvalue weighted by Gasteiger charge is 2.15. The molecule has 0 unspecified atom stereocenters. The zero-order chi connectivity index (χ0) is 11.9. The van der Waals surface area contributed by atoms with E-state index >= 15 is 0 Å². The molecule has 84 valence electrons. The normalized spacial score (nSPS) is 12.3. The number of carbonyl (C=O) groups is 1. The number of thioether (sulfide) groups is 1. The molecule has 0 aromatic carbocycles. The van der Waals surface area contributed by atoms with Gasteiger partial charge in [0.25, 0.3) is 0 Å². The molecule has 0 spiro atoms. The number of allylic oxidation sites excluding steroid dienone is 2. The van der Waals surface area contributed by atoms with Crippen molar-refractivity contribution >= 4 is 16.9 Å². The van der Waals surface area contributed by atoms with Gasteiger partial charge in [0.2, 0.25) is 0 Å². The Labute approximate surface area is 96.7 Å². The van der Waals surface area contributed by atoms with Crippen molar-refractivity contribution in [2.45, 2.75) is 51.7 Å². The first-order valence-electron chi connectivity index (χ1n) is 5.14. The van der Waals surface area contributed by atoms with Crippen LogP contribution in [-0.2, 0) is 4.79 Å². The van der Waals surface area contributed by atoms with Gasteiger partial charge in [-0.1, -0.05) is 38.6 Å². The van der Waals surface area contributed by atoms with Crippen molar-refractivity contribution < 1.29 is 4.79 Å². The summed E-state index contributed by atoms with van der Waals surface area (Å²) in [6, 6.07) is 2.06. The highest BCUT2D eigenvalue weighted by molar-refractivity contribution is 8.14. The maximum absolute atomic E-state index is 11.5. The molecule has 0 radical (unpaired) electrons. The minimum absolute atomic E-state index is 0.00942. The second kappa shape index (κ2) is 6.68. The molecule has 0 aliphatic carbocycles. The molecule has 0 bridgehead atoms. The van der Waals surface area contributed by atoms with E-state index in [2.05, 4.69) is 6.07 Å². The van der Waals surface area contributed by atoms with Crippen LogP contribution in [0.2, 0.25) is 0 Å². The van der Waals surface area contributed by atoms with E-state index in [1.165, 1.54) is 11.8 Å². The average molecular weight is 225 g/mol. The van der Waals surface area contributed by atoms with E-state index in [4.69, 9.17) is 5.26 Å². The smallest absolute Gasteiger partial charge is 0.189 e. The van der Waals surface area contributed by atoms with Crippen molar-refractivity contribution in [3.63, 3.8) is 0 Å². The summed E-state index contributed by atoms with van der Waals surface area (Å²) in [4.78, 5) is 11.5. The Bertz CT molecular complexity index is 281. The molecule has 0 aromatic heterocycles. The zero-order valence-corrected chi connectivity index (χ0v) is 10.8. The lowest BCUT2D eigenvalue weighted by Gasteiger charge is -2.15. The Morgan fingerprint density at radius 2 is 2.07 bits per heavy atom. The summed E-state index contributed by atoms with van der Waals surface area (Å²) >= 11 is 1.40. The fraction of sp³-hybridized carbons (Fsp3) is 0.667. The Kier molecular flexibility index (Phi) is 6.35. The SMILES string of the molecule is CC(C#N)=CCCCC(=O)SC(C)(C)C. The molecule has 3 heteroatoms. The van der Waals surface area contributed by atoms with Gasteiger partial charge < -0.3 is 0 Å². The van der Waals surface area contributed by atoms with Crippen molar-refractivity contribution in [3.05, 3.63) is 11.6 Å². The van der Waals surface area contributed by atoms with Gasteiger partial charge in [0.1, 0.15) is 0 Å². The van der Waals surface area contributed by atoms with Crippen LogP contribution >= 0.6 is 11.8 Å². The molecule has 15 heavy (non-hydrogen) atoms. The van der Waals surface area contributed by atoms with E-state index in [-0.39, 0.29) is 9.86 Å². The minimum Gasteiger partial charge on any atom is -0.287 e. The van der Waals surface area contributed by atoms with Gasteiger partial charge in [0, 0.05) is 16.7 Å². The van der Waals surface area contributed by atoms with Gasteiger partial charge in [0.05, 0.1) is 6.07 Å². The van der Waals surface area contributed by atoms with Gasteiger partial charge in [-0.3, -0.25) is 4.79 Å². The molecule has 0 aliphatic rings. The summed E-state index contributed by atoms with van der Waals surface area (Å²) in [6.07, 6.45) is 4.13. The van der Waals surface area contributed by atoms with Crippen LogP contribution in [0.3, 0.4) is 0 Å². The predicted octanol–water partition coefficient (Wildman–Crippen LogP) is 3.68. The van der Waals surface area contributed by atoms with Crippen LogP contribution in [0.1, 0.15) is 47.0 Å². The van der Waals surface area contributed by atoms with E-state index in [0.717, 1.165) is 18.4 Å². The quantitative estimate of drug-likeness (QED) is 0.541.